The predicted octanol–water partition coefficient (Wildman–Crippen LogP) is 1.82. The minimum Gasteiger partial charge on any atom is -0.393 e. The quantitative estimate of drug-likeness (QED) is 0.364. The lowest BCUT2D eigenvalue weighted by atomic mass is 10.1. The molecular formula is C19H20N6O5S. The Labute approximate surface area is 177 Å². The largest absolute Gasteiger partial charge is 0.393 e. The summed E-state index contributed by atoms with van der Waals surface area (Å²) >= 11 is 0. The van der Waals surface area contributed by atoms with Crippen molar-refractivity contribution in [2.45, 2.75) is 6.92 Å². The molecule has 2 N–H and O–H groups in total. The van der Waals surface area contributed by atoms with Crippen LogP contribution in [0.25, 0.3) is 10.9 Å². The zero-order chi connectivity index (χ0) is 22.5. The number of likely N-dealkylation sites (N-methyl/N-ethyl adjacent to an activating group) is 1. The van der Waals surface area contributed by atoms with Crippen molar-refractivity contribution in [2.75, 3.05) is 41.4 Å². The summed E-state index contributed by atoms with van der Waals surface area (Å²) in [4.78, 5) is 27.6. The number of nitrogens with zero attached hydrogens (tertiary/aromatic N) is 5. The first-order chi connectivity index (χ1) is 14.6. The fraction of sp³-hybridized carbons (Fsp3) is 0.263. The molecule has 2 heterocycles. The van der Waals surface area contributed by atoms with Crippen LogP contribution in [0.5, 0.6) is 0 Å². The minimum atomic E-state index is -3.63. The van der Waals surface area contributed by atoms with Crippen LogP contribution in [0, 0.1) is 10.1 Å². The standard InChI is InChI=1S/C19H20N6O5S/c1-3-22-6-7-23(19(26)14-9-18(25(27)28)15(20)10-17(14)22)13-5-4-12-11-21-24(16(12)8-13)31(2,29)30/h4-5,8-11H,3,6-7,20H2,1-2H3. The molecule has 11 nitrogen and oxygen atoms in total. The third-order valence-corrected chi connectivity index (χ3v) is 6.20. The molecule has 0 spiro atoms. The fourth-order valence-electron chi connectivity index (χ4n) is 3.76. The van der Waals surface area contributed by atoms with E-state index in [1.165, 1.54) is 23.2 Å². The van der Waals surface area contributed by atoms with Crippen molar-refractivity contribution < 1.29 is 18.1 Å². The number of fused-ring (bicyclic) bond motifs is 2. The average Bonchev–Trinajstić information content (AvgIpc) is 3.08. The van der Waals surface area contributed by atoms with E-state index >= 15 is 0 Å². The van der Waals surface area contributed by atoms with Gasteiger partial charge in [-0.15, -0.1) is 0 Å². The zero-order valence-corrected chi connectivity index (χ0v) is 17.7. The van der Waals surface area contributed by atoms with Gasteiger partial charge >= 0.3 is 0 Å². The van der Waals surface area contributed by atoms with Gasteiger partial charge in [0, 0.05) is 36.8 Å². The number of nitro groups is 1. The van der Waals surface area contributed by atoms with Gasteiger partial charge in [0.2, 0.25) is 0 Å². The Kier molecular flexibility index (Phi) is 4.81. The van der Waals surface area contributed by atoms with E-state index in [0.29, 0.717) is 41.9 Å². The van der Waals surface area contributed by atoms with Crippen molar-refractivity contribution >= 4 is 49.6 Å². The number of hydrogen-bond acceptors (Lipinski definition) is 8. The molecule has 162 valence electrons. The highest BCUT2D eigenvalue weighted by Crippen LogP contribution is 2.35. The van der Waals surface area contributed by atoms with Crippen LogP contribution in [0.1, 0.15) is 17.3 Å². The molecule has 31 heavy (non-hydrogen) atoms. The number of carbonyl (C=O) groups is 1. The summed E-state index contributed by atoms with van der Waals surface area (Å²) in [5, 5.41) is 15.9. The summed E-state index contributed by atoms with van der Waals surface area (Å²) in [5.74, 6) is -0.432. The lowest BCUT2D eigenvalue weighted by Crippen LogP contribution is -2.34. The van der Waals surface area contributed by atoms with Crippen LogP contribution in [0.15, 0.2) is 36.5 Å². The SMILES string of the molecule is CCN1CCN(c2ccc3cnn(S(C)(=O)=O)c3c2)C(=O)c2cc([N+](=O)[O-])c(N)cc21. The molecule has 0 bridgehead atoms. The molecule has 0 saturated carbocycles. The van der Waals surface area contributed by atoms with Crippen LogP contribution >= 0.6 is 0 Å². The van der Waals surface area contributed by atoms with Crippen LogP contribution in [0.3, 0.4) is 0 Å². The second-order valence-corrected chi connectivity index (χ2v) is 9.03. The van der Waals surface area contributed by atoms with Gasteiger partial charge in [-0.05, 0) is 31.2 Å². The molecule has 3 aromatic rings. The van der Waals surface area contributed by atoms with E-state index in [0.717, 1.165) is 10.3 Å². The number of nitro benzene ring substituents is 1. The van der Waals surface area contributed by atoms with E-state index in [4.69, 9.17) is 5.73 Å². The first-order valence-corrected chi connectivity index (χ1v) is 11.3. The Morgan fingerprint density at radius 3 is 2.61 bits per heavy atom. The van der Waals surface area contributed by atoms with Gasteiger partial charge in [0.25, 0.3) is 21.6 Å². The maximum Gasteiger partial charge on any atom is 0.293 e. The molecule has 4 rings (SSSR count). The molecule has 0 radical (unpaired) electrons. The van der Waals surface area contributed by atoms with Gasteiger partial charge in [0.1, 0.15) is 5.69 Å². The van der Waals surface area contributed by atoms with Gasteiger partial charge in [0.15, 0.2) is 0 Å². The summed E-state index contributed by atoms with van der Waals surface area (Å²) in [6.07, 6.45) is 2.48. The second kappa shape index (κ2) is 7.23. The highest BCUT2D eigenvalue weighted by molar-refractivity contribution is 7.89. The summed E-state index contributed by atoms with van der Waals surface area (Å²) in [7, 11) is -3.63. The zero-order valence-electron chi connectivity index (χ0n) is 16.8. The summed E-state index contributed by atoms with van der Waals surface area (Å²) < 4.78 is 25.0. The molecule has 0 fully saturated rings. The fourth-order valence-corrected chi connectivity index (χ4v) is 4.50. The number of benzene rings is 2. The molecule has 1 aromatic heterocycles. The van der Waals surface area contributed by atoms with Gasteiger partial charge in [-0.1, -0.05) is 0 Å². The molecule has 0 unspecified atom stereocenters. The van der Waals surface area contributed by atoms with Crippen molar-refractivity contribution in [2.24, 2.45) is 0 Å². The third kappa shape index (κ3) is 3.44. The van der Waals surface area contributed by atoms with Crippen LogP contribution in [0.4, 0.5) is 22.7 Å². The Bertz CT molecular complexity index is 1330. The second-order valence-electron chi connectivity index (χ2n) is 7.22. The maximum absolute atomic E-state index is 13.4. The normalized spacial score (nSPS) is 14.6. The van der Waals surface area contributed by atoms with E-state index in [-0.39, 0.29) is 16.9 Å². The van der Waals surface area contributed by atoms with Gasteiger partial charge in [-0.3, -0.25) is 14.9 Å². The number of amides is 1. The number of aromatic nitrogens is 2. The summed E-state index contributed by atoms with van der Waals surface area (Å²) in [6, 6.07) is 7.62. The molecule has 1 aliphatic rings. The molecule has 0 atom stereocenters. The number of nitrogens with two attached hydrogens (primary N) is 1. The molecule has 12 heteroatoms. The summed E-state index contributed by atoms with van der Waals surface area (Å²) in [5.41, 5.74) is 7.00. The number of rotatable bonds is 4. The molecule has 1 aliphatic heterocycles. The predicted molar refractivity (Wildman–Crippen MR) is 117 cm³/mol. The average molecular weight is 444 g/mol. The molecule has 2 aromatic carbocycles. The third-order valence-electron chi connectivity index (χ3n) is 5.28. The van der Waals surface area contributed by atoms with Crippen molar-refractivity contribution in [3.8, 4) is 0 Å². The van der Waals surface area contributed by atoms with E-state index in [2.05, 4.69) is 5.10 Å². The Balaban J connectivity index is 1.87. The Hall–Kier alpha value is -3.67. The van der Waals surface area contributed by atoms with E-state index in [1.807, 2.05) is 11.8 Å². The lowest BCUT2D eigenvalue weighted by molar-refractivity contribution is -0.383. The maximum atomic E-state index is 13.4. The van der Waals surface area contributed by atoms with Crippen LogP contribution in [-0.2, 0) is 10.0 Å². The van der Waals surface area contributed by atoms with Crippen LogP contribution in [0.2, 0.25) is 0 Å². The van der Waals surface area contributed by atoms with E-state index < -0.39 is 20.9 Å². The minimum absolute atomic E-state index is 0.0121. The molecule has 1 amide bonds. The van der Waals surface area contributed by atoms with Crippen molar-refractivity contribution in [3.63, 3.8) is 0 Å². The lowest BCUT2D eigenvalue weighted by Gasteiger charge is -2.23. The van der Waals surface area contributed by atoms with Gasteiger partial charge in [-0.25, -0.2) is 8.42 Å². The van der Waals surface area contributed by atoms with Gasteiger partial charge in [-0.2, -0.15) is 9.19 Å². The van der Waals surface area contributed by atoms with Crippen molar-refractivity contribution in [1.29, 1.82) is 0 Å². The van der Waals surface area contributed by atoms with Gasteiger partial charge < -0.3 is 15.5 Å². The van der Waals surface area contributed by atoms with Crippen molar-refractivity contribution in [1.82, 2.24) is 9.19 Å². The van der Waals surface area contributed by atoms with Crippen LogP contribution < -0.4 is 15.5 Å². The summed E-state index contributed by atoms with van der Waals surface area (Å²) in [6.45, 7) is 3.26. The molecule has 0 saturated heterocycles. The van der Waals surface area contributed by atoms with Crippen molar-refractivity contribution in [3.05, 3.63) is 52.2 Å². The highest BCUT2D eigenvalue weighted by atomic mass is 32.2. The first-order valence-electron chi connectivity index (χ1n) is 9.45. The highest BCUT2D eigenvalue weighted by Gasteiger charge is 2.30. The van der Waals surface area contributed by atoms with Gasteiger partial charge in [0.05, 0.1) is 34.1 Å². The Morgan fingerprint density at radius 1 is 1.23 bits per heavy atom. The smallest absolute Gasteiger partial charge is 0.293 e. The van der Waals surface area contributed by atoms with Crippen LogP contribution in [-0.4, -0.2) is 54.3 Å². The monoisotopic (exact) mass is 444 g/mol. The number of nitrogen functional groups attached to an aromatic ring is 1. The first kappa shape index (κ1) is 20.6. The molecular weight excluding hydrogens is 424 g/mol. The number of anilines is 3. The number of carbonyl (C=O) groups excluding carboxylic acids is 1. The Morgan fingerprint density at radius 2 is 1.97 bits per heavy atom. The van der Waals surface area contributed by atoms with E-state index in [1.54, 1.807) is 18.2 Å². The molecule has 0 aliphatic carbocycles. The topological polar surface area (TPSA) is 145 Å². The number of hydrogen-bond donors (Lipinski definition) is 1. The van der Waals surface area contributed by atoms with E-state index in [9.17, 15) is 23.3 Å².